The largest absolute Gasteiger partial charge is 0.384 e. The van der Waals surface area contributed by atoms with Crippen LogP contribution >= 0.6 is 27.7 Å². The number of aryl methyl sites for hydroxylation is 2. The third-order valence-corrected chi connectivity index (χ3v) is 4.41. The van der Waals surface area contributed by atoms with Gasteiger partial charge in [0.15, 0.2) is 5.82 Å². The summed E-state index contributed by atoms with van der Waals surface area (Å²) in [6.07, 6.45) is 0. The second-order valence-electron chi connectivity index (χ2n) is 4.00. The Morgan fingerprint density at radius 1 is 1.53 bits per heavy atom. The first-order chi connectivity index (χ1) is 8.90. The second kappa shape index (κ2) is 5.34. The molecule has 4 nitrogen and oxygen atoms in total. The van der Waals surface area contributed by atoms with E-state index in [1.165, 1.54) is 11.8 Å². The normalized spacial score (nSPS) is 10.7. The van der Waals surface area contributed by atoms with Crippen LogP contribution in [0, 0.1) is 18.2 Å². The van der Waals surface area contributed by atoms with Crippen molar-refractivity contribution < 1.29 is 4.39 Å². The summed E-state index contributed by atoms with van der Waals surface area (Å²) in [5.41, 5.74) is 6.61. The molecular formula is C12H12BrFN4S. The molecule has 0 unspecified atom stereocenters. The number of nitrogens with one attached hydrogen (secondary N) is 1. The topological polar surface area (TPSA) is 67.7 Å². The first-order valence-electron chi connectivity index (χ1n) is 5.41. The Labute approximate surface area is 122 Å². The van der Waals surface area contributed by atoms with Crippen molar-refractivity contribution >= 4 is 33.5 Å². The van der Waals surface area contributed by atoms with Crippen LogP contribution in [0.4, 0.5) is 4.39 Å². The summed E-state index contributed by atoms with van der Waals surface area (Å²) in [5.74, 6) is -0.588. The Bertz CT molecular complexity index is 653. The first-order valence-corrected chi connectivity index (χ1v) is 7.02. The van der Waals surface area contributed by atoms with Crippen LogP contribution in [0.2, 0.25) is 0 Å². The van der Waals surface area contributed by atoms with E-state index in [-0.39, 0.29) is 10.3 Å². The molecule has 0 radical (unpaired) electrons. The van der Waals surface area contributed by atoms with E-state index >= 15 is 0 Å². The highest BCUT2D eigenvalue weighted by molar-refractivity contribution is 9.10. The molecule has 2 aromatic rings. The first kappa shape index (κ1) is 14.1. The molecular weight excluding hydrogens is 331 g/mol. The third kappa shape index (κ3) is 2.82. The van der Waals surface area contributed by atoms with Crippen LogP contribution in [0.1, 0.15) is 11.3 Å². The fourth-order valence-electron chi connectivity index (χ4n) is 1.61. The number of nitrogens with two attached hydrogens (primary N) is 1. The van der Waals surface area contributed by atoms with Crippen LogP contribution < -0.4 is 5.73 Å². The number of nitrogen functional groups attached to an aromatic ring is 1. The maximum atomic E-state index is 14.2. The number of hydrogen-bond donors (Lipinski definition) is 2. The smallest absolute Gasteiger partial charge is 0.152 e. The highest BCUT2D eigenvalue weighted by Crippen LogP contribution is 2.34. The van der Waals surface area contributed by atoms with Gasteiger partial charge in [-0.05, 0) is 41.1 Å². The molecule has 0 aliphatic heterocycles. The number of nitrogens with zero attached hydrogens (tertiary/aromatic N) is 2. The molecule has 1 aromatic heterocycles. The minimum absolute atomic E-state index is 0.168. The van der Waals surface area contributed by atoms with E-state index in [1.807, 2.05) is 20.0 Å². The van der Waals surface area contributed by atoms with Crippen LogP contribution in [0.15, 0.2) is 32.6 Å². The maximum absolute atomic E-state index is 14.2. The number of benzene rings is 1. The van der Waals surface area contributed by atoms with Crippen molar-refractivity contribution in [3.63, 3.8) is 0 Å². The molecule has 0 aliphatic carbocycles. The molecule has 0 fully saturated rings. The quantitative estimate of drug-likeness (QED) is 0.665. The van der Waals surface area contributed by atoms with E-state index < -0.39 is 5.82 Å². The molecule has 7 heteroatoms. The van der Waals surface area contributed by atoms with Crippen molar-refractivity contribution in [1.29, 1.82) is 5.41 Å². The Balaban J connectivity index is 2.39. The zero-order valence-corrected chi connectivity index (χ0v) is 12.8. The van der Waals surface area contributed by atoms with Gasteiger partial charge in [-0.15, -0.1) is 0 Å². The van der Waals surface area contributed by atoms with Crippen LogP contribution in [-0.4, -0.2) is 15.6 Å². The van der Waals surface area contributed by atoms with Crippen molar-refractivity contribution in [2.75, 3.05) is 0 Å². The van der Waals surface area contributed by atoms with Gasteiger partial charge in [0, 0.05) is 12.6 Å². The predicted octanol–water partition coefficient (Wildman–Crippen LogP) is 3.07. The summed E-state index contributed by atoms with van der Waals surface area (Å²) in [4.78, 5) is 0.458. The Morgan fingerprint density at radius 3 is 2.74 bits per heavy atom. The Kier molecular flexibility index (Phi) is 3.96. The van der Waals surface area contributed by atoms with Gasteiger partial charge in [-0.25, -0.2) is 4.39 Å². The summed E-state index contributed by atoms with van der Waals surface area (Å²) < 4.78 is 16.1. The fourth-order valence-corrected chi connectivity index (χ4v) is 3.26. The molecule has 1 heterocycles. The standard InChI is InChI=1S/C12H12BrFN4S/c1-6-5-9(18(2)17-6)19-8-4-3-7(12(15)16)10(13)11(8)14/h3-5H,1-2H3,(H3,15,16). The van der Waals surface area contributed by atoms with Gasteiger partial charge in [0.05, 0.1) is 20.1 Å². The highest BCUT2D eigenvalue weighted by atomic mass is 79.9. The molecule has 0 aliphatic rings. The number of rotatable bonds is 3. The SMILES string of the molecule is Cc1cc(Sc2ccc(C(=N)N)c(Br)c2F)n(C)n1. The summed E-state index contributed by atoms with van der Waals surface area (Å²) >= 11 is 4.42. The number of hydrogen-bond acceptors (Lipinski definition) is 3. The van der Waals surface area contributed by atoms with Crippen molar-refractivity contribution in [3.05, 3.63) is 39.7 Å². The van der Waals surface area contributed by atoms with Gasteiger partial charge < -0.3 is 5.73 Å². The average molecular weight is 343 g/mol. The molecule has 100 valence electrons. The van der Waals surface area contributed by atoms with E-state index in [4.69, 9.17) is 11.1 Å². The number of amidine groups is 1. The van der Waals surface area contributed by atoms with Crippen molar-refractivity contribution in [1.82, 2.24) is 9.78 Å². The molecule has 19 heavy (non-hydrogen) atoms. The zero-order valence-electron chi connectivity index (χ0n) is 10.4. The molecule has 0 saturated heterocycles. The lowest BCUT2D eigenvalue weighted by Crippen LogP contribution is -2.12. The lowest BCUT2D eigenvalue weighted by Gasteiger charge is -2.08. The Hall–Kier alpha value is -1.34. The second-order valence-corrected chi connectivity index (χ2v) is 5.86. The molecule has 3 N–H and O–H groups in total. The summed E-state index contributed by atoms with van der Waals surface area (Å²) in [6, 6.07) is 5.13. The van der Waals surface area contributed by atoms with Gasteiger partial charge >= 0.3 is 0 Å². The molecule has 0 bridgehead atoms. The third-order valence-electron chi connectivity index (χ3n) is 2.51. The van der Waals surface area contributed by atoms with E-state index in [9.17, 15) is 4.39 Å². The molecule has 1 aromatic carbocycles. The number of halogens is 2. The van der Waals surface area contributed by atoms with Crippen molar-refractivity contribution in [2.24, 2.45) is 12.8 Å². The fraction of sp³-hybridized carbons (Fsp3) is 0.167. The predicted molar refractivity (Wildman–Crippen MR) is 77.2 cm³/mol. The number of aromatic nitrogens is 2. The van der Waals surface area contributed by atoms with Gasteiger partial charge in [-0.1, -0.05) is 11.8 Å². The van der Waals surface area contributed by atoms with Gasteiger partial charge in [0.1, 0.15) is 5.84 Å². The minimum Gasteiger partial charge on any atom is -0.384 e. The maximum Gasteiger partial charge on any atom is 0.152 e. The summed E-state index contributed by atoms with van der Waals surface area (Å²) in [7, 11) is 1.81. The van der Waals surface area contributed by atoms with Gasteiger partial charge in [0.25, 0.3) is 0 Å². The van der Waals surface area contributed by atoms with E-state index in [1.54, 1.807) is 16.8 Å². The molecule has 0 amide bonds. The van der Waals surface area contributed by atoms with E-state index in [0.29, 0.717) is 10.5 Å². The van der Waals surface area contributed by atoms with Crippen LogP contribution in [0.3, 0.4) is 0 Å². The van der Waals surface area contributed by atoms with E-state index in [2.05, 4.69) is 21.0 Å². The van der Waals surface area contributed by atoms with Crippen LogP contribution in [0.25, 0.3) is 0 Å². The van der Waals surface area contributed by atoms with Gasteiger partial charge in [0.2, 0.25) is 0 Å². The molecule has 0 saturated carbocycles. The summed E-state index contributed by atoms with van der Waals surface area (Å²) in [6.45, 7) is 1.88. The van der Waals surface area contributed by atoms with Crippen molar-refractivity contribution in [3.8, 4) is 0 Å². The van der Waals surface area contributed by atoms with Gasteiger partial charge in [-0.3, -0.25) is 10.1 Å². The molecule has 0 atom stereocenters. The Morgan fingerprint density at radius 2 is 2.21 bits per heavy atom. The zero-order chi connectivity index (χ0) is 14.2. The van der Waals surface area contributed by atoms with Crippen molar-refractivity contribution in [2.45, 2.75) is 16.8 Å². The average Bonchev–Trinajstić information content (AvgIpc) is 2.63. The summed E-state index contributed by atoms with van der Waals surface area (Å²) in [5, 5.41) is 12.4. The lowest BCUT2D eigenvalue weighted by atomic mass is 10.2. The van der Waals surface area contributed by atoms with E-state index in [0.717, 1.165) is 10.7 Å². The minimum atomic E-state index is -0.420. The van der Waals surface area contributed by atoms with Gasteiger partial charge in [-0.2, -0.15) is 5.10 Å². The highest BCUT2D eigenvalue weighted by Gasteiger charge is 2.15. The van der Waals surface area contributed by atoms with Crippen LogP contribution in [-0.2, 0) is 7.05 Å². The molecule has 0 spiro atoms. The lowest BCUT2D eigenvalue weighted by molar-refractivity contribution is 0.593. The molecule has 2 rings (SSSR count). The monoisotopic (exact) mass is 342 g/mol. The van der Waals surface area contributed by atoms with Crippen LogP contribution in [0.5, 0.6) is 0 Å².